The molecule has 0 saturated heterocycles. The predicted molar refractivity (Wildman–Crippen MR) is 72.3 cm³/mol. The molecule has 17 heavy (non-hydrogen) atoms. The third-order valence-electron chi connectivity index (χ3n) is 3.13. The van der Waals surface area contributed by atoms with Crippen LogP contribution in [0.15, 0.2) is 24.4 Å². The lowest BCUT2D eigenvalue weighted by molar-refractivity contribution is 0.0803. The molecule has 1 aromatic carbocycles. The molecule has 0 spiro atoms. The molecule has 0 saturated carbocycles. The number of nitrogens with zero attached hydrogens (tertiary/aromatic N) is 1. The fourth-order valence-corrected chi connectivity index (χ4v) is 2.16. The number of hydrogen-bond acceptors (Lipinski definition) is 1. The molecular weight excluding hydrogens is 210 g/mol. The average Bonchev–Trinajstić information content (AvgIpc) is 2.66. The third-order valence-corrected chi connectivity index (χ3v) is 3.13. The van der Waals surface area contributed by atoms with Crippen LogP contribution in [0.3, 0.4) is 0 Å². The summed E-state index contributed by atoms with van der Waals surface area (Å²) in [4.78, 5) is 0. The molecule has 1 heterocycles. The quantitative estimate of drug-likeness (QED) is 0.712. The van der Waals surface area contributed by atoms with E-state index in [4.69, 9.17) is 4.74 Å². The van der Waals surface area contributed by atoms with Gasteiger partial charge in [-0.15, -0.1) is 0 Å². The molecule has 0 amide bonds. The fraction of sp³-hybridized carbons (Fsp3) is 0.467. The van der Waals surface area contributed by atoms with E-state index in [1.807, 2.05) is 0 Å². The van der Waals surface area contributed by atoms with Gasteiger partial charge in [-0.25, -0.2) is 0 Å². The Labute approximate surface area is 103 Å². The number of aryl methyl sites for hydroxylation is 2. The lowest BCUT2D eigenvalue weighted by Gasteiger charge is -2.06. The van der Waals surface area contributed by atoms with Crippen LogP contribution in [0.1, 0.15) is 31.4 Å². The van der Waals surface area contributed by atoms with Gasteiger partial charge in [0, 0.05) is 18.2 Å². The zero-order valence-corrected chi connectivity index (χ0v) is 11.0. The van der Waals surface area contributed by atoms with Crippen molar-refractivity contribution in [3.05, 3.63) is 35.5 Å². The maximum Gasteiger partial charge on any atom is 0.122 e. The highest BCUT2D eigenvalue weighted by Crippen LogP contribution is 2.22. The first-order valence-corrected chi connectivity index (χ1v) is 6.42. The summed E-state index contributed by atoms with van der Waals surface area (Å²) >= 11 is 0. The molecule has 0 N–H and O–H groups in total. The van der Waals surface area contributed by atoms with Gasteiger partial charge in [0.15, 0.2) is 0 Å². The average molecular weight is 231 g/mol. The molecule has 0 aliphatic carbocycles. The van der Waals surface area contributed by atoms with Gasteiger partial charge < -0.3 is 9.30 Å². The molecule has 0 aliphatic rings. The second kappa shape index (κ2) is 5.37. The molecular formula is C15H21NO. The van der Waals surface area contributed by atoms with Crippen LogP contribution in [0.4, 0.5) is 0 Å². The Morgan fingerprint density at radius 3 is 2.76 bits per heavy atom. The molecule has 2 heteroatoms. The molecule has 0 aliphatic heterocycles. The lowest BCUT2D eigenvalue weighted by Crippen LogP contribution is -2.01. The van der Waals surface area contributed by atoms with Crippen LogP contribution in [0.5, 0.6) is 0 Å². The Hall–Kier alpha value is -1.28. The number of ether oxygens (including phenoxy) is 1. The summed E-state index contributed by atoms with van der Waals surface area (Å²) < 4.78 is 7.83. The van der Waals surface area contributed by atoms with Gasteiger partial charge in [-0.05, 0) is 37.0 Å². The Kier molecular flexibility index (Phi) is 3.85. The molecule has 0 bridgehead atoms. The minimum absolute atomic E-state index is 0.658. The number of hydrogen-bond donors (Lipinski definition) is 0. The Morgan fingerprint density at radius 1 is 1.24 bits per heavy atom. The topological polar surface area (TPSA) is 14.2 Å². The monoisotopic (exact) mass is 231 g/mol. The maximum absolute atomic E-state index is 5.63. The second-order valence-corrected chi connectivity index (χ2v) is 4.52. The maximum atomic E-state index is 5.63. The van der Waals surface area contributed by atoms with E-state index >= 15 is 0 Å². The van der Waals surface area contributed by atoms with Gasteiger partial charge in [0.25, 0.3) is 0 Å². The van der Waals surface area contributed by atoms with Crippen molar-refractivity contribution in [1.29, 1.82) is 0 Å². The predicted octanol–water partition coefficient (Wildman–Crippen LogP) is 3.90. The van der Waals surface area contributed by atoms with E-state index in [-0.39, 0.29) is 0 Å². The van der Waals surface area contributed by atoms with Crippen LogP contribution in [0, 0.1) is 6.92 Å². The van der Waals surface area contributed by atoms with Crippen LogP contribution in [0.25, 0.3) is 10.9 Å². The number of rotatable bonds is 5. The number of aromatic nitrogens is 1. The smallest absolute Gasteiger partial charge is 0.122 e. The van der Waals surface area contributed by atoms with Gasteiger partial charge in [-0.3, -0.25) is 0 Å². The van der Waals surface area contributed by atoms with Crippen molar-refractivity contribution in [3.8, 4) is 0 Å². The summed E-state index contributed by atoms with van der Waals surface area (Å²) in [5.74, 6) is 0. The number of benzene rings is 1. The van der Waals surface area contributed by atoms with Gasteiger partial charge in [0.05, 0.1) is 5.52 Å². The first-order valence-electron chi connectivity index (χ1n) is 6.42. The molecule has 92 valence electrons. The Morgan fingerprint density at radius 2 is 2.06 bits per heavy atom. The highest BCUT2D eigenvalue weighted by molar-refractivity contribution is 5.84. The Bertz CT molecular complexity index is 499. The van der Waals surface area contributed by atoms with Crippen molar-refractivity contribution in [3.63, 3.8) is 0 Å². The van der Waals surface area contributed by atoms with E-state index in [0.29, 0.717) is 6.73 Å². The van der Waals surface area contributed by atoms with Gasteiger partial charge in [0.1, 0.15) is 6.73 Å². The van der Waals surface area contributed by atoms with E-state index in [0.717, 1.165) is 19.4 Å². The van der Waals surface area contributed by atoms with Crippen LogP contribution >= 0.6 is 0 Å². The summed E-state index contributed by atoms with van der Waals surface area (Å²) in [7, 11) is 0. The van der Waals surface area contributed by atoms with E-state index < -0.39 is 0 Å². The summed E-state index contributed by atoms with van der Waals surface area (Å²) in [6.07, 6.45) is 4.33. The number of fused-ring (bicyclic) bond motifs is 1. The van der Waals surface area contributed by atoms with Crippen LogP contribution in [-0.4, -0.2) is 11.2 Å². The van der Waals surface area contributed by atoms with Gasteiger partial charge >= 0.3 is 0 Å². The first-order chi connectivity index (χ1) is 8.26. The molecule has 1 aromatic heterocycles. The largest absolute Gasteiger partial charge is 0.361 e. The molecule has 0 atom stereocenters. The standard InChI is InChI=1S/C15H21NO/c1-4-8-17-11-16-10-12(3)14-7-6-13(5-2)9-15(14)16/h6-7,9-10H,4-5,8,11H2,1-3H3. The van der Waals surface area contributed by atoms with Crippen molar-refractivity contribution in [2.75, 3.05) is 6.61 Å². The van der Waals surface area contributed by atoms with E-state index in [1.165, 1.54) is 22.0 Å². The third kappa shape index (κ3) is 2.52. The molecule has 0 fully saturated rings. The molecule has 2 nitrogen and oxygen atoms in total. The molecule has 2 aromatic rings. The SMILES string of the molecule is CCCOCn1cc(C)c2ccc(CC)cc21. The van der Waals surface area contributed by atoms with Gasteiger partial charge in [0.2, 0.25) is 0 Å². The van der Waals surface area contributed by atoms with Crippen LogP contribution in [-0.2, 0) is 17.9 Å². The second-order valence-electron chi connectivity index (χ2n) is 4.52. The van der Waals surface area contributed by atoms with E-state index in [9.17, 15) is 0 Å². The summed E-state index contributed by atoms with van der Waals surface area (Å²) in [5.41, 5.74) is 3.99. The minimum atomic E-state index is 0.658. The van der Waals surface area contributed by atoms with Crippen molar-refractivity contribution < 1.29 is 4.74 Å². The van der Waals surface area contributed by atoms with Gasteiger partial charge in [-0.2, -0.15) is 0 Å². The summed E-state index contributed by atoms with van der Waals surface area (Å²) in [5, 5.41) is 1.34. The van der Waals surface area contributed by atoms with Crippen molar-refractivity contribution in [1.82, 2.24) is 4.57 Å². The highest BCUT2D eigenvalue weighted by Gasteiger charge is 2.05. The highest BCUT2D eigenvalue weighted by atomic mass is 16.5. The van der Waals surface area contributed by atoms with Crippen molar-refractivity contribution >= 4 is 10.9 Å². The van der Waals surface area contributed by atoms with E-state index in [1.54, 1.807) is 0 Å². The fourth-order valence-electron chi connectivity index (χ4n) is 2.16. The zero-order chi connectivity index (χ0) is 12.3. The van der Waals surface area contributed by atoms with E-state index in [2.05, 4.69) is 49.7 Å². The van der Waals surface area contributed by atoms with Crippen molar-refractivity contribution in [2.24, 2.45) is 0 Å². The van der Waals surface area contributed by atoms with Crippen LogP contribution in [0.2, 0.25) is 0 Å². The molecule has 0 radical (unpaired) electrons. The molecule has 0 unspecified atom stereocenters. The summed E-state index contributed by atoms with van der Waals surface area (Å²) in [6.45, 7) is 7.96. The normalized spacial score (nSPS) is 11.2. The molecule has 2 rings (SSSR count). The van der Waals surface area contributed by atoms with Crippen molar-refractivity contribution in [2.45, 2.75) is 40.3 Å². The summed E-state index contributed by atoms with van der Waals surface area (Å²) in [6, 6.07) is 6.71. The van der Waals surface area contributed by atoms with Crippen LogP contribution < -0.4 is 0 Å². The first kappa shape index (κ1) is 12.2. The zero-order valence-electron chi connectivity index (χ0n) is 11.0. The lowest BCUT2D eigenvalue weighted by atomic mass is 10.1. The van der Waals surface area contributed by atoms with Gasteiger partial charge in [-0.1, -0.05) is 26.0 Å². The Balaban J connectivity index is 2.34. The minimum Gasteiger partial charge on any atom is -0.361 e.